The summed E-state index contributed by atoms with van der Waals surface area (Å²) in [6.07, 6.45) is 1.48. The van der Waals surface area contributed by atoms with Crippen LogP contribution < -0.4 is 20.3 Å². The van der Waals surface area contributed by atoms with Crippen LogP contribution in [-0.4, -0.2) is 44.4 Å². The number of aromatic hydroxyl groups is 1. The molecule has 0 aromatic heterocycles. The second-order valence-corrected chi connectivity index (χ2v) is 7.09. The SMILES string of the molecule is COc1cc(CCNC(=O)NCC2CCN(c3ccc(F)c(F)c3)C2)ccc1O. The van der Waals surface area contributed by atoms with Gasteiger partial charge in [0.15, 0.2) is 23.1 Å². The molecule has 1 heterocycles. The molecule has 0 aliphatic carbocycles. The number of phenols is 1. The zero-order chi connectivity index (χ0) is 20.8. The minimum atomic E-state index is -0.853. The summed E-state index contributed by atoms with van der Waals surface area (Å²) in [5, 5.41) is 15.3. The van der Waals surface area contributed by atoms with Crippen molar-refractivity contribution in [3.8, 4) is 11.5 Å². The maximum Gasteiger partial charge on any atom is 0.314 e. The lowest BCUT2D eigenvalue weighted by Gasteiger charge is -2.19. The van der Waals surface area contributed by atoms with Gasteiger partial charge in [0, 0.05) is 37.9 Å². The zero-order valence-electron chi connectivity index (χ0n) is 16.3. The zero-order valence-corrected chi connectivity index (χ0v) is 16.3. The number of hydrogen-bond acceptors (Lipinski definition) is 4. The number of hydrogen-bond donors (Lipinski definition) is 3. The van der Waals surface area contributed by atoms with Crippen LogP contribution in [0, 0.1) is 17.6 Å². The molecule has 1 saturated heterocycles. The van der Waals surface area contributed by atoms with Crippen LogP contribution in [-0.2, 0) is 6.42 Å². The van der Waals surface area contributed by atoms with Crippen LogP contribution in [0.3, 0.4) is 0 Å². The summed E-state index contributed by atoms with van der Waals surface area (Å²) < 4.78 is 31.5. The Balaban J connectivity index is 1.38. The highest BCUT2D eigenvalue weighted by molar-refractivity contribution is 5.73. The van der Waals surface area contributed by atoms with Crippen LogP contribution >= 0.6 is 0 Å². The van der Waals surface area contributed by atoms with E-state index in [9.17, 15) is 18.7 Å². The number of methoxy groups -OCH3 is 1. The fraction of sp³-hybridized carbons (Fsp3) is 0.381. The monoisotopic (exact) mass is 405 g/mol. The fourth-order valence-electron chi connectivity index (χ4n) is 3.41. The molecule has 29 heavy (non-hydrogen) atoms. The van der Waals surface area contributed by atoms with Gasteiger partial charge in [0.05, 0.1) is 7.11 Å². The van der Waals surface area contributed by atoms with Crippen LogP contribution in [0.2, 0.25) is 0 Å². The Morgan fingerprint density at radius 3 is 2.79 bits per heavy atom. The Labute approximate surface area is 168 Å². The molecule has 2 aromatic rings. The van der Waals surface area contributed by atoms with Crippen LogP contribution in [0.1, 0.15) is 12.0 Å². The average molecular weight is 405 g/mol. The van der Waals surface area contributed by atoms with Gasteiger partial charge in [-0.1, -0.05) is 6.07 Å². The lowest BCUT2D eigenvalue weighted by Crippen LogP contribution is -2.39. The Morgan fingerprint density at radius 2 is 2.03 bits per heavy atom. The summed E-state index contributed by atoms with van der Waals surface area (Å²) in [6.45, 7) is 2.38. The predicted molar refractivity (Wildman–Crippen MR) is 106 cm³/mol. The minimum absolute atomic E-state index is 0.0796. The predicted octanol–water partition coefficient (Wildman–Crippen LogP) is 3.05. The van der Waals surface area contributed by atoms with Crippen molar-refractivity contribution in [1.29, 1.82) is 0 Å². The highest BCUT2D eigenvalue weighted by Crippen LogP contribution is 2.26. The number of phenolic OH excluding ortho intramolecular Hbond substituents is 1. The van der Waals surface area contributed by atoms with Crippen molar-refractivity contribution in [2.24, 2.45) is 5.92 Å². The number of benzene rings is 2. The fourth-order valence-corrected chi connectivity index (χ4v) is 3.41. The number of anilines is 1. The number of carbonyl (C=O) groups excluding carboxylic acids is 1. The number of amides is 2. The van der Waals surface area contributed by atoms with E-state index in [-0.39, 0.29) is 17.7 Å². The van der Waals surface area contributed by atoms with Crippen LogP contribution in [0.25, 0.3) is 0 Å². The van der Waals surface area contributed by atoms with E-state index in [1.165, 1.54) is 13.2 Å². The molecule has 3 N–H and O–H groups in total. The van der Waals surface area contributed by atoms with Gasteiger partial charge in [-0.2, -0.15) is 0 Å². The molecule has 2 amide bonds. The molecule has 1 aliphatic heterocycles. The van der Waals surface area contributed by atoms with Crippen molar-refractivity contribution in [2.75, 3.05) is 38.2 Å². The first kappa shape index (κ1) is 20.7. The molecule has 6 nitrogen and oxygen atoms in total. The van der Waals surface area contributed by atoms with E-state index in [0.29, 0.717) is 37.5 Å². The van der Waals surface area contributed by atoms with E-state index in [0.717, 1.165) is 24.6 Å². The number of rotatable bonds is 7. The second-order valence-electron chi connectivity index (χ2n) is 7.09. The van der Waals surface area contributed by atoms with E-state index in [2.05, 4.69) is 10.6 Å². The Kier molecular flexibility index (Phi) is 6.74. The third-order valence-corrected chi connectivity index (χ3v) is 5.05. The molecule has 156 valence electrons. The number of nitrogens with zero attached hydrogens (tertiary/aromatic N) is 1. The smallest absolute Gasteiger partial charge is 0.314 e. The van der Waals surface area contributed by atoms with Gasteiger partial charge >= 0.3 is 6.03 Å². The number of halogens is 2. The number of carbonyl (C=O) groups is 1. The Hall–Kier alpha value is -3.03. The lowest BCUT2D eigenvalue weighted by atomic mass is 10.1. The van der Waals surface area contributed by atoms with Gasteiger partial charge < -0.3 is 25.4 Å². The van der Waals surface area contributed by atoms with E-state index >= 15 is 0 Å². The molecule has 1 fully saturated rings. The summed E-state index contributed by atoms with van der Waals surface area (Å²) in [7, 11) is 1.49. The van der Waals surface area contributed by atoms with Gasteiger partial charge in [0.1, 0.15) is 0 Å². The largest absolute Gasteiger partial charge is 0.504 e. The summed E-state index contributed by atoms with van der Waals surface area (Å²) in [5.41, 5.74) is 1.60. The number of ether oxygens (including phenoxy) is 1. The molecule has 3 rings (SSSR count). The van der Waals surface area contributed by atoms with Crippen LogP contribution in [0.4, 0.5) is 19.3 Å². The molecule has 0 spiro atoms. The Bertz CT molecular complexity index is 863. The summed E-state index contributed by atoms with van der Waals surface area (Å²) >= 11 is 0. The van der Waals surface area contributed by atoms with Crippen molar-refractivity contribution >= 4 is 11.7 Å². The first-order chi connectivity index (χ1) is 14.0. The van der Waals surface area contributed by atoms with Crippen molar-refractivity contribution in [3.05, 3.63) is 53.6 Å². The molecule has 8 heteroatoms. The quantitative estimate of drug-likeness (QED) is 0.662. The van der Waals surface area contributed by atoms with Gasteiger partial charge in [0.25, 0.3) is 0 Å². The number of nitrogens with one attached hydrogen (secondary N) is 2. The maximum atomic E-state index is 13.4. The third kappa shape index (κ3) is 5.49. The normalized spacial score (nSPS) is 16.0. The second kappa shape index (κ2) is 9.45. The first-order valence-corrected chi connectivity index (χ1v) is 9.54. The maximum absolute atomic E-state index is 13.4. The average Bonchev–Trinajstić information content (AvgIpc) is 3.19. The van der Waals surface area contributed by atoms with Crippen LogP contribution in [0.15, 0.2) is 36.4 Å². The molecule has 0 bridgehead atoms. The van der Waals surface area contributed by atoms with Gasteiger partial charge in [-0.05, 0) is 48.6 Å². The van der Waals surface area contributed by atoms with Crippen molar-refractivity contribution < 1.29 is 23.4 Å². The standard InChI is InChI=1S/C21H25F2N3O3/c1-29-20-10-14(2-5-19(20)27)6-8-24-21(28)25-12-15-7-9-26(13-15)16-3-4-17(22)18(23)11-16/h2-5,10-11,15,27H,6-9,12-13H2,1H3,(H2,24,25,28). The minimum Gasteiger partial charge on any atom is -0.504 e. The van der Waals surface area contributed by atoms with Crippen molar-refractivity contribution in [2.45, 2.75) is 12.8 Å². The first-order valence-electron chi connectivity index (χ1n) is 9.54. The molecule has 0 saturated carbocycles. The van der Waals surface area contributed by atoms with Gasteiger partial charge in [-0.3, -0.25) is 0 Å². The molecule has 0 radical (unpaired) electrons. The third-order valence-electron chi connectivity index (χ3n) is 5.05. The highest BCUT2D eigenvalue weighted by atomic mass is 19.2. The molecule has 1 atom stereocenters. The van der Waals surface area contributed by atoms with E-state index < -0.39 is 11.6 Å². The highest BCUT2D eigenvalue weighted by Gasteiger charge is 2.23. The van der Waals surface area contributed by atoms with E-state index in [1.54, 1.807) is 24.3 Å². The molecule has 2 aromatic carbocycles. The van der Waals surface area contributed by atoms with Crippen LogP contribution in [0.5, 0.6) is 11.5 Å². The molecular weight excluding hydrogens is 380 g/mol. The summed E-state index contributed by atoms with van der Waals surface area (Å²) in [5.74, 6) is -0.979. The van der Waals surface area contributed by atoms with Crippen molar-refractivity contribution in [3.63, 3.8) is 0 Å². The molecular formula is C21H25F2N3O3. The van der Waals surface area contributed by atoms with Gasteiger partial charge in [-0.15, -0.1) is 0 Å². The summed E-state index contributed by atoms with van der Waals surface area (Å²) in [4.78, 5) is 14.0. The topological polar surface area (TPSA) is 73.8 Å². The van der Waals surface area contributed by atoms with E-state index in [4.69, 9.17) is 4.74 Å². The van der Waals surface area contributed by atoms with Gasteiger partial charge in [-0.25, -0.2) is 13.6 Å². The van der Waals surface area contributed by atoms with Crippen molar-refractivity contribution in [1.82, 2.24) is 10.6 Å². The number of urea groups is 1. The summed E-state index contributed by atoms with van der Waals surface area (Å²) in [6, 6.07) is 8.74. The van der Waals surface area contributed by atoms with Gasteiger partial charge in [0.2, 0.25) is 0 Å². The molecule has 1 unspecified atom stereocenters. The molecule has 1 aliphatic rings. The van der Waals surface area contributed by atoms with E-state index in [1.807, 2.05) is 4.90 Å². The lowest BCUT2D eigenvalue weighted by molar-refractivity contribution is 0.239. The Morgan fingerprint density at radius 1 is 1.21 bits per heavy atom.